The summed E-state index contributed by atoms with van der Waals surface area (Å²) in [7, 11) is 0. The molecule has 1 fully saturated rings. The molecule has 28 heavy (non-hydrogen) atoms. The fourth-order valence-corrected chi connectivity index (χ4v) is 2.96. The largest absolute Gasteiger partial charge is 0.573 e. The van der Waals surface area contributed by atoms with Crippen LogP contribution in [0.3, 0.4) is 0 Å². The molecule has 0 unspecified atom stereocenters. The molecule has 0 spiro atoms. The van der Waals surface area contributed by atoms with E-state index in [1.54, 1.807) is 24.3 Å². The first-order valence-corrected chi connectivity index (χ1v) is 8.67. The van der Waals surface area contributed by atoms with Gasteiger partial charge in [0.25, 0.3) is 5.88 Å². The highest BCUT2D eigenvalue weighted by Gasteiger charge is 2.31. The third kappa shape index (κ3) is 4.37. The highest BCUT2D eigenvalue weighted by Crippen LogP contribution is 2.32. The van der Waals surface area contributed by atoms with Crippen molar-refractivity contribution in [3.63, 3.8) is 0 Å². The molecule has 1 aliphatic rings. The van der Waals surface area contributed by atoms with Crippen LogP contribution in [0, 0.1) is 0 Å². The first-order valence-electron chi connectivity index (χ1n) is 8.67. The summed E-state index contributed by atoms with van der Waals surface area (Å²) in [5.41, 5.74) is 2.08. The maximum Gasteiger partial charge on any atom is 0.573 e. The van der Waals surface area contributed by atoms with E-state index in [9.17, 15) is 13.2 Å². The van der Waals surface area contributed by atoms with Crippen LogP contribution in [-0.2, 0) is 4.74 Å². The predicted molar refractivity (Wildman–Crippen MR) is 94.2 cm³/mol. The van der Waals surface area contributed by atoms with E-state index < -0.39 is 6.36 Å². The molecule has 0 bridgehead atoms. The van der Waals surface area contributed by atoms with Crippen molar-refractivity contribution in [2.45, 2.75) is 12.4 Å². The van der Waals surface area contributed by atoms with E-state index in [4.69, 9.17) is 14.0 Å². The third-order valence-electron chi connectivity index (χ3n) is 4.28. The molecule has 1 saturated heterocycles. The number of alkyl halides is 3. The average molecular weight is 394 g/mol. The van der Waals surface area contributed by atoms with Crippen molar-refractivity contribution in [1.82, 2.24) is 10.5 Å². The summed E-state index contributed by atoms with van der Waals surface area (Å²) in [4.78, 5) is 0. The molecule has 1 N–H and O–H groups in total. The summed E-state index contributed by atoms with van der Waals surface area (Å²) in [6.45, 7) is 2.40. The summed E-state index contributed by atoms with van der Waals surface area (Å²) in [5, 5.41) is 7.93. The minimum absolute atomic E-state index is 0.0739. The van der Waals surface area contributed by atoms with Gasteiger partial charge in [-0.25, -0.2) is 0 Å². The van der Waals surface area contributed by atoms with Crippen molar-refractivity contribution in [3.05, 3.63) is 42.5 Å². The zero-order valence-electron chi connectivity index (χ0n) is 14.7. The molecule has 9 heteroatoms. The highest BCUT2D eigenvalue weighted by atomic mass is 19.4. The number of morpholine rings is 1. The van der Waals surface area contributed by atoms with E-state index in [0.29, 0.717) is 36.7 Å². The Hall–Kier alpha value is -2.78. The van der Waals surface area contributed by atoms with Gasteiger partial charge in [0.1, 0.15) is 12.4 Å². The number of ether oxygens (including phenoxy) is 3. The number of fused-ring (bicyclic) bond motifs is 1. The van der Waals surface area contributed by atoms with Crippen LogP contribution >= 0.6 is 0 Å². The first-order chi connectivity index (χ1) is 13.5. The van der Waals surface area contributed by atoms with Crippen LogP contribution < -0.4 is 14.8 Å². The Morgan fingerprint density at radius 2 is 1.89 bits per heavy atom. The summed E-state index contributed by atoms with van der Waals surface area (Å²) >= 11 is 0. The topological polar surface area (TPSA) is 65.8 Å². The van der Waals surface area contributed by atoms with Crippen molar-refractivity contribution >= 4 is 11.0 Å². The number of hydrogen-bond acceptors (Lipinski definition) is 6. The monoisotopic (exact) mass is 394 g/mol. The maximum atomic E-state index is 12.3. The molecule has 1 aliphatic heterocycles. The van der Waals surface area contributed by atoms with Crippen LogP contribution in [-0.4, -0.2) is 43.9 Å². The molecule has 0 aliphatic carbocycles. The van der Waals surface area contributed by atoms with Gasteiger partial charge in [-0.1, -0.05) is 18.2 Å². The standard InChI is InChI=1S/C19H17F3N2O4/c20-19(21,22)27-15-4-1-12(2-5-15)13-3-6-17-16(9-13)18(24-28-17)26-11-14-10-25-8-7-23-14/h1-6,9,14,23H,7-8,10-11H2/t14-/m1/s1. The molecule has 1 aromatic heterocycles. The van der Waals surface area contributed by atoms with Gasteiger partial charge in [-0.15, -0.1) is 13.2 Å². The van der Waals surface area contributed by atoms with Crippen molar-refractivity contribution in [2.75, 3.05) is 26.4 Å². The fraction of sp³-hybridized carbons (Fsp3) is 0.316. The van der Waals surface area contributed by atoms with Crippen LogP contribution in [0.25, 0.3) is 22.1 Å². The summed E-state index contributed by atoms with van der Waals surface area (Å²) in [6, 6.07) is 11.1. The highest BCUT2D eigenvalue weighted by molar-refractivity contribution is 5.87. The first kappa shape index (κ1) is 18.6. The van der Waals surface area contributed by atoms with Gasteiger partial charge in [-0.2, -0.15) is 0 Å². The van der Waals surface area contributed by atoms with E-state index in [2.05, 4.69) is 15.2 Å². The van der Waals surface area contributed by atoms with Gasteiger partial charge in [-0.3, -0.25) is 0 Å². The van der Waals surface area contributed by atoms with Crippen LogP contribution in [0.5, 0.6) is 11.6 Å². The lowest BCUT2D eigenvalue weighted by Gasteiger charge is -2.23. The summed E-state index contributed by atoms with van der Waals surface area (Å²) < 4.78 is 57.2. The average Bonchev–Trinajstić information content (AvgIpc) is 3.09. The molecule has 3 aromatic rings. The molecule has 148 valence electrons. The van der Waals surface area contributed by atoms with E-state index >= 15 is 0 Å². The number of benzene rings is 2. The van der Waals surface area contributed by atoms with Gasteiger partial charge in [0.2, 0.25) is 0 Å². The van der Waals surface area contributed by atoms with Crippen molar-refractivity contribution in [2.24, 2.45) is 0 Å². The Morgan fingerprint density at radius 1 is 1.11 bits per heavy atom. The smallest absolute Gasteiger partial charge is 0.473 e. The lowest BCUT2D eigenvalue weighted by atomic mass is 10.0. The quantitative estimate of drug-likeness (QED) is 0.711. The van der Waals surface area contributed by atoms with Gasteiger partial charge < -0.3 is 24.1 Å². The van der Waals surface area contributed by atoms with Crippen molar-refractivity contribution < 1.29 is 31.9 Å². The molecule has 2 heterocycles. The Labute approximate surface area is 158 Å². The molecule has 0 saturated carbocycles. The van der Waals surface area contributed by atoms with Crippen LogP contribution in [0.15, 0.2) is 47.0 Å². The Bertz CT molecular complexity index is 934. The SMILES string of the molecule is FC(F)(F)Oc1ccc(-c2ccc3onc(OC[C@H]4COCCN4)c3c2)cc1. The summed E-state index contributed by atoms with van der Waals surface area (Å²) in [5.74, 6) is 0.0924. The minimum Gasteiger partial charge on any atom is -0.473 e. The number of hydrogen-bond donors (Lipinski definition) is 1. The lowest BCUT2D eigenvalue weighted by molar-refractivity contribution is -0.274. The minimum atomic E-state index is -4.71. The third-order valence-corrected chi connectivity index (χ3v) is 4.28. The Kier molecular flexibility index (Phi) is 5.10. The zero-order valence-corrected chi connectivity index (χ0v) is 14.7. The number of halogens is 3. The van der Waals surface area contributed by atoms with Gasteiger partial charge in [0.15, 0.2) is 5.58 Å². The Morgan fingerprint density at radius 3 is 2.61 bits per heavy atom. The fourth-order valence-electron chi connectivity index (χ4n) is 2.96. The second-order valence-electron chi connectivity index (χ2n) is 6.31. The summed E-state index contributed by atoms with van der Waals surface area (Å²) in [6.07, 6.45) is -4.71. The Balaban J connectivity index is 1.52. The van der Waals surface area contributed by atoms with Gasteiger partial charge in [0.05, 0.1) is 24.6 Å². The molecule has 2 aromatic carbocycles. The molecular formula is C19H17F3N2O4. The van der Waals surface area contributed by atoms with E-state index in [1.807, 2.05) is 6.07 Å². The van der Waals surface area contributed by atoms with Crippen LogP contribution in [0.4, 0.5) is 13.2 Å². The molecule has 1 atom stereocenters. The molecule has 0 radical (unpaired) electrons. The number of nitrogens with zero attached hydrogens (tertiary/aromatic N) is 1. The normalized spacial score (nSPS) is 17.6. The van der Waals surface area contributed by atoms with Gasteiger partial charge in [0, 0.05) is 6.54 Å². The molecule has 0 amide bonds. The number of aromatic nitrogens is 1. The second kappa shape index (κ2) is 7.69. The van der Waals surface area contributed by atoms with E-state index in [-0.39, 0.29) is 11.8 Å². The molecule has 6 nitrogen and oxygen atoms in total. The second-order valence-corrected chi connectivity index (χ2v) is 6.31. The van der Waals surface area contributed by atoms with Crippen LogP contribution in [0.1, 0.15) is 0 Å². The molecule has 4 rings (SSSR count). The number of nitrogens with one attached hydrogen (secondary N) is 1. The zero-order chi connectivity index (χ0) is 19.6. The van der Waals surface area contributed by atoms with Crippen molar-refractivity contribution in [1.29, 1.82) is 0 Å². The van der Waals surface area contributed by atoms with E-state index in [0.717, 1.165) is 17.7 Å². The lowest BCUT2D eigenvalue weighted by Crippen LogP contribution is -2.44. The van der Waals surface area contributed by atoms with Crippen molar-refractivity contribution in [3.8, 4) is 22.8 Å². The van der Waals surface area contributed by atoms with E-state index in [1.165, 1.54) is 12.1 Å². The van der Waals surface area contributed by atoms with Gasteiger partial charge in [-0.05, 0) is 40.5 Å². The van der Waals surface area contributed by atoms with Gasteiger partial charge >= 0.3 is 6.36 Å². The van der Waals surface area contributed by atoms with Crippen LogP contribution in [0.2, 0.25) is 0 Å². The number of rotatable bonds is 5. The molecular weight excluding hydrogens is 377 g/mol. The predicted octanol–water partition coefficient (Wildman–Crippen LogP) is 3.76. The maximum absolute atomic E-state index is 12.3.